The number of aliphatic hydroxyl groups excluding tert-OH is 1. The zero-order valence-corrected chi connectivity index (χ0v) is 10.2. The third-order valence-electron chi connectivity index (χ3n) is 1.72. The van der Waals surface area contributed by atoms with E-state index in [9.17, 15) is 5.11 Å². The number of rotatable bonds is 3. The Morgan fingerprint density at radius 1 is 1.38 bits per heavy atom. The Hall–Kier alpha value is -0.120. The summed E-state index contributed by atoms with van der Waals surface area (Å²) in [5.41, 5.74) is 0.898. The lowest BCUT2D eigenvalue weighted by Crippen LogP contribution is -1.95. The summed E-state index contributed by atoms with van der Waals surface area (Å²) >= 11 is 6.75. The van der Waals surface area contributed by atoms with Gasteiger partial charge in [0.05, 0.1) is 6.10 Å². The lowest BCUT2D eigenvalue weighted by atomic mass is 10.1. The molecule has 1 aromatic carbocycles. The van der Waals surface area contributed by atoms with Crippen molar-refractivity contribution in [2.45, 2.75) is 12.5 Å². The molecular formula is C10H10Br2O. The first-order chi connectivity index (χ1) is 6.15. The van der Waals surface area contributed by atoms with Gasteiger partial charge in [-0.15, -0.1) is 6.58 Å². The van der Waals surface area contributed by atoms with E-state index < -0.39 is 6.10 Å². The van der Waals surface area contributed by atoms with Crippen LogP contribution in [0.4, 0.5) is 0 Å². The summed E-state index contributed by atoms with van der Waals surface area (Å²) in [7, 11) is 0. The smallest absolute Gasteiger partial charge is 0.0824 e. The molecule has 0 fully saturated rings. The van der Waals surface area contributed by atoms with Gasteiger partial charge in [-0.1, -0.05) is 12.1 Å². The Labute approximate surface area is 94.7 Å². The predicted octanol–water partition coefficient (Wildman–Crippen LogP) is 3.82. The van der Waals surface area contributed by atoms with Crippen molar-refractivity contribution in [2.75, 3.05) is 0 Å². The molecule has 1 aromatic rings. The van der Waals surface area contributed by atoms with Gasteiger partial charge >= 0.3 is 0 Å². The zero-order chi connectivity index (χ0) is 9.84. The van der Waals surface area contributed by atoms with E-state index in [1.807, 2.05) is 18.2 Å². The molecule has 0 radical (unpaired) electrons. The van der Waals surface area contributed by atoms with Crippen LogP contribution in [0, 0.1) is 0 Å². The van der Waals surface area contributed by atoms with Crippen LogP contribution in [0.1, 0.15) is 18.1 Å². The summed E-state index contributed by atoms with van der Waals surface area (Å²) in [5.74, 6) is 0. The third-order valence-corrected chi connectivity index (χ3v) is 3.60. The molecule has 0 aromatic heterocycles. The molecule has 1 unspecified atom stereocenters. The summed E-state index contributed by atoms with van der Waals surface area (Å²) in [5, 5.41) is 9.63. The Balaban J connectivity index is 2.89. The molecule has 0 bridgehead atoms. The molecule has 1 nitrogen and oxygen atoms in total. The first-order valence-corrected chi connectivity index (χ1v) is 5.47. The molecule has 70 valence electrons. The van der Waals surface area contributed by atoms with Gasteiger partial charge in [0.25, 0.3) is 0 Å². The number of hydrogen-bond acceptors (Lipinski definition) is 1. The molecule has 0 saturated carbocycles. The lowest BCUT2D eigenvalue weighted by Gasteiger charge is -2.09. The number of benzene rings is 1. The molecule has 3 heteroatoms. The Morgan fingerprint density at radius 2 is 2.08 bits per heavy atom. The highest BCUT2D eigenvalue weighted by Gasteiger charge is 2.06. The predicted molar refractivity (Wildman–Crippen MR) is 61.6 cm³/mol. The van der Waals surface area contributed by atoms with Crippen LogP contribution in [-0.2, 0) is 0 Å². The molecule has 1 rings (SSSR count). The van der Waals surface area contributed by atoms with Crippen molar-refractivity contribution in [3.8, 4) is 0 Å². The van der Waals surface area contributed by atoms with Gasteiger partial charge in [-0.05, 0) is 56.0 Å². The summed E-state index contributed by atoms with van der Waals surface area (Å²) in [6.07, 6.45) is 1.83. The zero-order valence-electron chi connectivity index (χ0n) is 7.00. The van der Waals surface area contributed by atoms with Crippen LogP contribution in [0.25, 0.3) is 0 Å². The maximum Gasteiger partial charge on any atom is 0.0824 e. The van der Waals surface area contributed by atoms with Gasteiger partial charge in [0, 0.05) is 8.95 Å². The van der Waals surface area contributed by atoms with Gasteiger partial charge in [-0.25, -0.2) is 0 Å². The van der Waals surface area contributed by atoms with Gasteiger partial charge < -0.3 is 5.11 Å². The second-order valence-corrected chi connectivity index (χ2v) is 4.42. The molecule has 0 saturated heterocycles. The molecule has 0 spiro atoms. The van der Waals surface area contributed by atoms with E-state index >= 15 is 0 Å². The topological polar surface area (TPSA) is 20.2 Å². The van der Waals surface area contributed by atoms with Gasteiger partial charge in [-0.2, -0.15) is 0 Å². The normalized spacial score (nSPS) is 12.5. The Kier molecular flexibility index (Phi) is 4.16. The van der Waals surface area contributed by atoms with E-state index in [2.05, 4.69) is 38.4 Å². The van der Waals surface area contributed by atoms with Crippen LogP contribution < -0.4 is 0 Å². The van der Waals surface area contributed by atoms with Gasteiger partial charge in [-0.3, -0.25) is 0 Å². The second kappa shape index (κ2) is 4.94. The summed E-state index contributed by atoms with van der Waals surface area (Å²) in [6.45, 7) is 3.59. The van der Waals surface area contributed by atoms with E-state index in [1.54, 1.807) is 6.08 Å². The quantitative estimate of drug-likeness (QED) is 0.842. The third kappa shape index (κ3) is 2.93. The van der Waals surface area contributed by atoms with E-state index in [0.29, 0.717) is 6.42 Å². The summed E-state index contributed by atoms with van der Waals surface area (Å²) < 4.78 is 1.94. The molecule has 1 N–H and O–H groups in total. The van der Waals surface area contributed by atoms with Crippen molar-refractivity contribution in [1.82, 2.24) is 0 Å². The highest BCUT2D eigenvalue weighted by atomic mass is 79.9. The van der Waals surface area contributed by atoms with E-state index in [0.717, 1.165) is 14.5 Å². The Morgan fingerprint density at radius 3 is 2.62 bits per heavy atom. The van der Waals surface area contributed by atoms with Crippen molar-refractivity contribution in [2.24, 2.45) is 0 Å². The van der Waals surface area contributed by atoms with E-state index in [4.69, 9.17) is 0 Å². The summed E-state index contributed by atoms with van der Waals surface area (Å²) in [4.78, 5) is 0. The van der Waals surface area contributed by atoms with Crippen LogP contribution in [0.5, 0.6) is 0 Å². The van der Waals surface area contributed by atoms with Crippen molar-refractivity contribution >= 4 is 31.9 Å². The molecule has 0 aliphatic carbocycles. The van der Waals surface area contributed by atoms with Crippen molar-refractivity contribution in [3.05, 3.63) is 45.4 Å². The van der Waals surface area contributed by atoms with Crippen LogP contribution in [0.3, 0.4) is 0 Å². The van der Waals surface area contributed by atoms with Gasteiger partial charge in [0.2, 0.25) is 0 Å². The fraction of sp³-hybridized carbons (Fsp3) is 0.200. The van der Waals surface area contributed by atoms with Crippen molar-refractivity contribution in [3.63, 3.8) is 0 Å². The van der Waals surface area contributed by atoms with Crippen molar-refractivity contribution in [1.29, 1.82) is 0 Å². The van der Waals surface area contributed by atoms with Crippen LogP contribution in [-0.4, -0.2) is 5.11 Å². The number of aliphatic hydroxyl groups is 1. The van der Waals surface area contributed by atoms with Crippen LogP contribution >= 0.6 is 31.9 Å². The Bertz CT molecular complexity index is 310. The fourth-order valence-electron chi connectivity index (χ4n) is 1.01. The molecule has 0 amide bonds. The van der Waals surface area contributed by atoms with Crippen molar-refractivity contribution < 1.29 is 5.11 Å². The monoisotopic (exact) mass is 304 g/mol. The molecular weight excluding hydrogens is 296 g/mol. The summed E-state index contributed by atoms with van der Waals surface area (Å²) in [6, 6.07) is 5.70. The maximum absolute atomic E-state index is 9.63. The lowest BCUT2D eigenvalue weighted by molar-refractivity contribution is 0.181. The fourth-order valence-corrected chi connectivity index (χ4v) is 1.66. The van der Waals surface area contributed by atoms with Gasteiger partial charge in [0.15, 0.2) is 0 Å². The molecule has 0 aliphatic rings. The second-order valence-electron chi connectivity index (χ2n) is 2.71. The maximum atomic E-state index is 9.63. The SMILES string of the molecule is C=CCC(O)c1ccc(Br)c(Br)c1. The number of hydrogen-bond donors (Lipinski definition) is 1. The molecule has 1 atom stereocenters. The van der Waals surface area contributed by atoms with E-state index in [1.165, 1.54) is 0 Å². The molecule has 13 heavy (non-hydrogen) atoms. The average Bonchev–Trinajstić information content (AvgIpc) is 2.10. The minimum Gasteiger partial charge on any atom is -0.388 e. The highest BCUT2D eigenvalue weighted by molar-refractivity contribution is 9.13. The van der Waals surface area contributed by atoms with E-state index in [-0.39, 0.29) is 0 Å². The number of halogens is 2. The largest absolute Gasteiger partial charge is 0.388 e. The van der Waals surface area contributed by atoms with Gasteiger partial charge in [0.1, 0.15) is 0 Å². The highest BCUT2D eigenvalue weighted by Crippen LogP contribution is 2.27. The molecule has 0 aliphatic heterocycles. The minimum atomic E-state index is -0.457. The first kappa shape index (κ1) is 11.0. The first-order valence-electron chi connectivity index (χ1n) is 3.89. The van der Waals surface area contributed by atoms with Crippen LogP contribution in [0.2, 0.25) is 0 Å². The standard InChI is InChI=1S/C10H10Br2O/c1-2-3-10(13)7-4-5-8(11)9(12)6-7/h2,4-6,10,13H,1,3H2. The average molecular weight is 306 g/mol. The molecule has 0 heterocycles. The minimum absolute atomic E-state index is 0.457. The van der Waals surface area contributed by atoms with Crippen LogP contribution in [0.15, 0.2) is 39.8 Å².